The molecule has 1 aromatic heterocycles. The highest BCUT2D eigenvalue weighted by atomic mass is 16.5. The molecule has 3 rings (SSSR count). The summed E-state index contributed by atoms with van der Waals surface area (Å²) < 4.78 is 7.18. The van der Waals surface area contributed by atoms with Gasteiger partial charge in [-0.25, -0.2) is 9.78 Å². The summed E-state index contributed by atoms with van der Waals surface area (Å²) in [6, 6.07) is 15.1. The van der Waals surface area contributed by atoms with Gasteiger partial charge in [0.25, 0.3) is 0 Å². The third-order valence-electron chi connectivity index (χ3n) is 4.19. The minimum Gasteiger partial charge on any atom is -0.497 e. The standard InChI is InChI=1S/C20H20N2O3/c1-25-17-9-6-15(7-10-17)8-11-19-21-12-13-22(19)14-16-4-2-3-5-18(16)20(23)24/h2-7,9-10,12-13H,8,11,14H2,1H3,(H,23,24). The Bertz CT molecular complexity index is 853. The molecule has 3 aromatic rings. The molecule has 0 saturated heterocycles. The molecular formula is C20H20N2O3. The van der Waals surface area contributed by atoms with Crippen LogP contribution in [0.4, 0.5) is 0 Å². The normalized spacial score (nSPS) is 10.6. The van der Waals surface area contributed by atoms with Crippen molar-refractivity contribution < 1.29 is 14.6 Å². The fraction of sp³-hybridized carbons (Fsp3) is 0.200. The van der Waals surface area contributed by atoms with Crippen LogP contribution in [-0.2, 0) is 19.4 Å². The number of ether oxygens (including phenoxy) is 1. The number of methoxy groups -OCH3 is 1. The SMILES string of the molecule is COc1ccc(CCc2nccn2Cc2ccccc2C(=O)O)cc1. The number of carboxylic acid groups (broad SMARTS) is 1. The van der Waals surface area contributed by atoms with Gasteiger partial charge >= 0.3 is 5.97 Å². The fourth-order valence-electron chi connectivity index (χ4n) is 2.81. The van der Waals surface area contributed by atoms with E-state index in [1.807, 2.05) is 47.2 Å². The first-order valence-electron chi connectivity index (χ1n) is 8.11. The van der Waals surface area contributed by atoms with Crippen molar-refractivity contribution in [3.05, 3.63) is 83.4 Å². The van der Waals surface area contributed by atoms with E-state index in [4.69, 9.17) is 4.74 Å². The molecule has 5 heteroatoms. The molecule has 128 valence electrons. The summed E-state index contributed by atoms with van der Waals surface area (Å²) in [6.45, 7) is 0.500. The van der Waals surface area contributed by atoms with Crippen molar-refractivity contribution >= 4 is 5.97 Å². The second-order valence-corrected chi connectivity index (χ2v) is 5.78. The lowest BCUT2D eigenvalue weighted by molar-refractivity contribution is 0.0695. The molecule has 1 N–H and O–H groups in total. The molecule has 0 bridgehead atoms. The van der Waals surface area contributed by atoms with Crippen LogP contribution in [0.5, 0.6) is 5.75 Å². The number of aromatic carboxylic acids is 1. The van der Waals surface area contributed by atoms with Gasteiger partial charge in [-0.15, -0.1) is 0 Å². The Morgan fingerprint density at radius 3 is 2.60 bits per heavy atom. The maximum absolute atomic E-state index is 11.4. The Hall–Kier alpha value is -3.08. The number of carbonyl (C=O) groups is 1. The van der Waals surface area contributed by atoms with Gasteiger partial charge in [0.15, 0.2) is 0 Å². The van der Waals surface area contributed by atoms with E-state index in [9.17, 15) is 9.90 Å². The first-order chi connectivity index (χ1) is 12.2. The van der Waals surface area contributed by atoms with Gasteiger partial charge in [0.2, 0.25) is 0 Å². The average Bonchev–Trinajstić information content (AvgIpc) is 3.07. The van der Waals surface area contributed by atoms with Crippen molar-refractivity contribution in [2.75, 3.05) is 7.11 Å². The van der Waals surface area contributed by atoms with Gasteiger partial charge in [0.05, 0.1) is 12.7 Å². The third-order valence-corrected chi connectivity index (χ3v) is 4.19. The Labute approximate surface area is 146 Å². The zero-order chi connectivity index (χ0) is 17.6. The molecule has 0 radical (unpaired) electrons. The van der Waals surface area contributed by atoms with E-state index >= 15 is 0 Å². The van der Waals surface area contributed by atoms with Crippen LogP contribution < -0.4 is 4.74 Å². The first-order valence-corrected chi connectivity index (χ1v) is 8.11. The molecule has 1 heterocycles. The van der Waals surface area contributed by atoms with Gasteiger partial charge in [-0.2, -0.15) is 0 Å². The number of rotatable bonds is 7. The Balaban J connectivity index is 1.71. The minimum absolute atomic E-state index is 0.331. The number of imidazole rings is 1. The van der Waals surface area contributed by atoms with Crippen LogP contribution in [-0.4, -0.2) is 27.7 Å². The number of carboxylic acids is 1. The molecule has 0 aliphatic rings. The predicted octanol–water partition coefficient (Wildman–Crippen LogP) is 3.42. The highest BCUT2D eigenvalue weighted by molar-refractivity contribution is 5.89. The monoisotopic (exact) mass is 336 g/mol. The maximum Gasteiger partial charge on any atom is 0.336 e. The molecule has 0 amide bonds. The van der Waals surface area contributed by atoms with E-state index in [1.54, 1.807) is 25.4 Å². The van der Waals surface area contributed by atoms with Crippen molar-refractivity contribution in [3.63, 3.8) is 0 Å². The topological polar surface area (TPSA) is 64.4 Å². The number of aryl methyl sites for hydroxylation is 2. The summed E-state index contributed by atoms with van der Waals surface area (Å²) in [5.74, 6) is 0.877. The molecule has 25 heavy (non-hydrogen) atoms. The molecule has 0 fully saturated rings. The number of hydrogen-bond donors (Lipinski definition) is 1. The summed E-state index contributed by atoms with van der Waals surface area (Å²) in [6.07, 6.45) is 5.30. The first kappa shape index (κ1) is 16.8. The van der Waals surface area contributed by atoms with Gasteiger partial charge in [0, 0.05) is 25.4 Å². The summed E-state index contributed by atoms with van der Waals surface area (Å²) >= 11 is 0. The van der Waals surface area contributed by atoms with Gasteiger partial charge in [-0.3, -0.25) is 0 Å². The van der Waals surface area contributed by atoms with E-state index in [0.29, 0.717) is 12.1 Å². The van der Waals surface area contributed by atoms with Crippen LogP contribution >= 0.6 is 0 Å². The Kier molecular flexibility index (Phi) is 5.14. The molecule has 2 aromatic carbocycles. The Morgan fingerprint density at radius 2 is 1.88 bits per heavy atom. The minimum atomic E-state index is -0.907. The van der Waals surface area contributed by atoms with Crippen LogP contribution in [0, 0.1) is 0 Å². The zero-order valence-electron chi connectivity index (χ0n) is 14.1. The molecule has 0 atom stereocenters. The lowest BCUT2D eigenvalue weighted by atomic mass is 10.1. The van der Waals surface area contributed by atoms with Crippen LogP contribution in [0.15, 0.2) is 60.9 Å². The van der Waals surface area contributed by atoms with Gasteiger partial charge < -0.3 is 14.4 Å². The molecule has 0 aliphatic heterocycles. The van der Waals surface area contributed by atoms with E-state index in [1.165, 1.54) is 5.56 Å². The van der Waals surface area contributed by atoms with Crippen molar-refractivity contribution in [1.82, 2.24) is 9.55 Å². The molecule has 0 saturated carbocycles. The van der Waals surface area contributed by atoms with Crippen LogP contribution in [0.25, 0.3) is 0 Å². The predicted molar refractivity (Wildman–Crippen MR) is 95.1 cm³/mol. The van der Waals surface area contributed by atoms with Gasteiger partial charge in [-0.1, -0.05) is 30.3 Å². The molecule has 5 nitrogen and oxygen atoms in total. The van der Waals surface area contributed by atoms with Crippen LogP contribution in [0.3, 0.4) is 0 Å². The third kappa shape index (κ3) is 4.07. The van der Waals surface area contributed by atoms with Crippen molar-refractivity contribution in [1.29, 1.82) is 0 Å². The molecule has 0 aliphatic carbocycles. The van der Waals surface area contributed by atoms with E-state index in [2.05, 4.69) is 4.98 Å². The highest BCUT2D eigenvalue weighted by Gasteiger charge is 2.11. The lowest BCUT2D eigenvalue weighted by Gasteiger charge is -2.10. The smallest absolute Gasteiger partial charge is 0.336 e. The summed E-state index contributed by atoms with van der Waals surface area (Å²) in [7, 11) is 1.65. The highest BCUT2D eigenvalue weighted by Crippen LogP contribution is 2.15. The maximum atomic E-state index is 11.4. The summed E-state index contributed by atoms with van der Waals surface area (Å²) in [5, 5.41) is 9.32. The number of nitrogens with zero attached hydrogens (tertiary/aromatic N) is 2. The second kappa shape index (κ2) is 7.66. The molecule has 0 spiro atoms. The Morgan fingerprint density at radius 1 is 1.12 bits per heavy atom. The quantitative estimate of drug-likeness (QED) is 0.718. The number of benzene rings is 2. The van der Waals surface area contributed by atoms with Gasteiger partial charge in [-0.05, 0) is 35.7 Å². The molecular weight excluding hydrogens is 316 g/mol. The molecule has 0 unspecified atom stereocenters. The fourth-order valence-corrected chi connectivity index (χ4v) is 2.81. The number of hydrogen-bond acceptors (Lipinski definition) is 3. The van der Waals surface area contributed by atoms with Crippen molar-refractivity contribution in [2.45, 2.75) is 19.4 Å². The van der Waals surface area contributed by atoms with Crippen LogP contribution in [0.2, 0.25) is 0 Å². The summed E-state index contributed by atoms with van der Waals surface area (Å²) in [4.78, 5) is 15.8. The van der Waals surface area contributed by atoms with E-state index in [0.717, 1.165) is 30.0 Å². The van der Waals surface area contributed by atoms with Crippen molar-refractivity contribution in [3.8, 4) is 5.75 Å². The van der Waals surface area contributed by atoms with Crippen molar-refractivity contribution in [2.24, 2.45) is 0 Å². The summed E-state index contributed by atoms with van der Waals surface area (Å²) in [5.41, 5.74) is 2.32. The van der Waals surface area contributed by atoms with E-state index < -0.39 is 5.97 Å². The largest absolute Gasteiger partial charge is 0.497 e. The lowest BCUT2D eigenvalue weighted by Crippen LogP contribution is -2.10. The number of aromatic nitrogens is 2. The average molecular weight is 336 g/mol. The van der Waals surface area contributed by atoms with E-state index in [-0.39, 0.29) is 0 Å². The second-order valence-electron chi connectivity index (χ2n) is 5.78. The zero-order valence-corrected chi connectivity index (χ0v) is 14.1. The van der Waals surface area contributed by atoms with Crippen LogP contribution in [0.1, 0.15) is 27.3 Å². The van der Waals surface area contributed by atoms with Gasteiger partial charge in [0.1, 0.15) is 11.6 Å².